The number of hydrogen-bond donors (Lipinski definition) is 1. The minimum Gasteiger partial charge on any atom is -0.308 e. The molecule has 0 atom stereocenters. The van der Waals surface area contributed by atoms with Gasteiger partial charge in [-0.3, -0.25) is 4.98 Å². The van der Waals surface area contributed by atoms with Crippen molar-refractivity contribution in [3.63, 3.8) is 0 Å². The van der Waals surface area contributed by atoms with Crippen LogP contribution in [0.2, 0.25) is 0 Å². The van der Waals surface area contributed by atoms with Crippen LogP contribution in [0.1, 0.15) is 18.5 Å². The Balaban J connectivity index is 1.74. The van der Waals surface area contributed by atoms with E-state index < -0.39 is 0 Å². The summed E-state index contributed by atoms with van der Waals surface area (Å²) in [6, 6.07) is 6.57. The molecule has 1 fully saturated rings. The van der Waals surface area contributed by atoms with Gasteiger partial charge >= 0.3 is 0 Å². The Kier molecular flexibility index (Phi) is 2.81. The molecular formula is C10H13ClN2. The summed E-state index contributed by atoms with van der Waals surface area (Å²) in [4.78, 5) is 4.23. The van der Waals surface area contributed by atoms with E-state index in [1.807, 2.05) is 24.4 Å². The molecule has 0 saturated heterocycles. The largest absolute Gasteiger partial charge is 0.308 e. The van der Waals surface area contributed by atoms with E-state index in [0.29, 0.717) is 11.4 Å². The van der Waals surface area contributed by atoms with Gasteiger partial charge in [-0.2, -0.15) is 0 Å². The third-order valence-electron chi connectivity index (χ3n) is 2.38. The number of halogens is 1. The molecule has 13 heavy (non-hydrogen) atoms. The maximum atomic E-state index is 5.87. The van der Waals surface area contributed by atoms with Crippen LogP contribution in [-0.4, -0.2) is 16.4 Å². The molecule has 0 bridgehead atoms. The van der Waals surface area contributed by atoms with Crippen molar-refractivity contribution in [2.75, 3.05) is 0 Å². The van der Waals surface area contributed by atoms with Crippen LogP contribution >= 0.6 is 11.6 Å². The first-order valence-corrected chi connectivity index (χ1v) is 5.05. The normalized spacial score (nSPS) is 26.8. The zero-order chi connectivity index (χ0) is 9.10. The quantitative estimate of drug-likeness (QED) is 0.748. The van der Waals surface area contributed by atoms with E-state index in [1.165, 1.54) is 0 Å². The summed E-state index contributed by atoms with van der Waals surface area (Å²) in [6.45, 7) is 0.856. The number of pyridine rings is 1. The minimum atomic E-state index is 0.390. The molecule has 2 nitrogen and oxygen atoms in total. The molecule has 70 valence electrons. The molecule has 0 amide bonds. The first kappa shape index (κ1) is 8.97. The zero-order valence-corrected chi connectivity index (χ0v) is 8.17. The van der Waals surface area contributed by atoms with Crippen molar-refractivity contribution in [2.24, 2.45) is 0 Å². The fourth-order valence-electron chi connectivity index (χ4n) is 1.47. The maximum Gasteiger partial charge on any atom is 0.0541 e. The highest BCUT2D eigenvalue weighted by Gasteiger charge is 2.26. The average Bonchev–Trinajstić information content (AvgIpc) is 2.12. The van der Waals surface area contributed by atoms with Crippen molar-refractivity contribution in [3.8, 4) is 0 Å². The number of nitrogens with zero attached hydrogens (tertiary/aromatic N) is 1. The molecule has 1 aliphatic rings. The van der Waals surface area contributed by atoms with E-state index in [9.17, 15) is 0 Å². The minimum absolute atomic E-state index is 0.390. The lowest BCUT2D eigenvalue weighted by Crippen LogP contribution is -2.41. The van der Waals surface area contributed by atoms with Crippen molar-refractivity contribution in [2.45, 2.75) is 30.8 Å². The molecule has 1 aliphatic carbocycles. The van der Waals surface area contributed by atoms with Gasteiger partial charge in [0.05, 0.1) is 5.69 Å². The molecule has 0 radical (unpaired) electrons. The predicted octanol–water partition coefficient (Wildman–Crippen LogP) is 1.94. The Labute approximate surface area is 83.3 Å². The first-order chi connectivity index (χ1) is 6.34. The SMILES string of the molecule is ClC1CC(NCc2ccccn2)C1. The molecule has 0 aliphatic heterocycles. The Bertz CT molecular complexity index is 257. The van der Waals surface area contributed by atoms with Crippen molar-refractivity contribution in [1.29, 1.82) is 0 Å². The van der Waals surface area contributed by atoms with Gasteiger partial charge in [0, 0.05) is 24.2 Å². The smallest absolute Gasteiger partial charge is 0.0541 e. The molecule has 1 saturated carbocycles. The molecule has 3 heteroatoms. The number of alkyl halides is 1. The van der Waals surface area contributed by atoms with Crippen molar-refractivity contribution in [3.05, 3.63) is 30.1 Å². The number of rotatable bonds is 3. The zero-order valence-electron chi connectivity index (χ0n) is 7.41. The molecule has 1 heterocycles. The van der Waals surface area contributed by atoms with E-state index >= 15 is 0 Å². The van der Waals surface area contributed by atoms with Crippen LogP contribution in [0.25, 0.3) is 0 Å². The summed E-state index contributed by atoms with van der Waals surface area (Å²) in [5.41, 5.74) is 1.10. The van der Waals surface area contributed by atoms with Crippen LogP contribution in [0.15, 0.2) is 24.4 Å². The molecule has 1 aromatic heterocycles. The third-order valence-corrected chi connectivity index (χ3v) is 2.73. The first-order valence-electron chi connectivity index (χ1n) is 4.62. The second-order valence-electron chi connectivity index (χ2n) is 3.47. The molecule has 0 unspecified atom stereocenters. The van der Waals surface area contributed by atoms with E-state index in [1.54, 1.807) is 0 Å². The summed E-state index contributed by atoms with van der Waals surface area (Å²) in [6.07, 6.45) is 4.00. The number of aromatic nitrogens is 1. The number of hydrogen-bond acceptors (Lipinski definition) is 2. The molecule has 0 aromatic carbocycles. The lowest BCUT2D eigenvalue weighted by atomic mass is 9.92. The van der Waals surface area contributed by atoms with Gasteiger partial charge in [0.2, 0.25) is 0 Å². The van der Waals surface area contributed by atoms with Crippen molar-refractivity contribution >= 4 is 11.6 Å². The molecule has 1 aromatic rings. The third kappa shape index (κ3) is 2.42. The van der Waals surface area contributed by atoms with Crippen molar-refractivity contribution in [1.82, 2.24) is 10.3 Å². The van der Waals surface area contributed by atoms with E-state index in [2.05, 4.69) is 10.3 Å². The van der Waals surface area contributed by atoms with Crippen LogP contribution in [-0.2, 0) is 6.54 Å². The van der Waals surface area contributed by atoms with Crippen LogP contribution in [0.4, 0.5) is 0 Å². The van der Waals surface area contributed by atoms with Crippen LogP contribution in [0.5, 0.6) is 0 Å². The second kappa shape index (κ2) is 4.07. The fraction of sp³-hybridized carbons (Fsp3) is 0.500. The van der Waals surface area contributed by atoms with Gasteiger partial charge < -0.3 is 5.32 Å². The van der Waals surface area contributed by atoms with Crippen LogP contribution in [0.3, 0.4) is 0 Å². The summed E-state index contributed by atoms with van der Waals surface area (Å²) in [5, 5.41) is 3.81. The van der Waals surface area contributed by atoms with E-state index in [-0.39, 0.29) is 0 Å². The Morgan fingerprint density at radius 3 is 2.92 bits per heavy atom. The highest BCUT2D eigenvalue weighted by atomic mass is 35.5. The van der Waals surface area contributed by atoms with Crippen LogP contribution in [0, 0.1) is 0 Å². The van der Waals surface area contributed by atoms with Gasteiger partial charge in [-0.1, -0.05) is 6.07 Å². The summed E-state index contributed by atoms with van der Waals surface area (Å²) in [7, 11) is 0. The van der Waals surface area contributed by atoms with Gasteiger partial charge in [-0.25, -0.2) is 0 Å². The molecule has 1 N–H and O–H groups in total. The Morgan fingerprint density at radius 2 is 2.31 bits per heavy atom. The van der Waals surface area contributed by atoms with Crippen LogP contribution < -0.4 is 5.32 Å². The van der Waals surface area contributed by atoms with Crippen molar-refractivity contribution < 1.29 is 0 Å². The highest BCUT2D eigenvalue weighted by molar-refractivity contribution is 6.21. The van der Waals surface area contributed by atoms with Gasteiger partial charge in [0.25, 0.3) is 0 Å². The van der Waals surface area contributed by atoms with Gasteiger partial charge in [-0.05, 0) is 25.0 Å². The summed E-state index contributed by atoms with van der Waals surface area (Å²) in [5.74, 6) is 0. The predicted molar refractivity (Wildman–Crippen MR) is 53.7 cm³/mol. The lowest BCUT2D eigenvalue weighted by Gasteiger charge is -2.31. The molecule has 2 rings (SSSR count). The van der Waals surface area contributed by atoms with Gasteiger partial charge in [0.15, 0.2) is 0 Å². The lowest BCUT2D eigenvalue weighted by molar-refractivity contribution is 0.344. The maximum absolute atomic E-state index is 5.87. The summed E-state index contributed by atoms with van der Waals surface area (Å²) < 4.78 is 0. The highest BCUT2D eigenvalue weighted by Crippen LogP contribution is 2.25. The Hall–Kier alpha value is -0.600. The Morgan fingerprint density at radius 1 is 1.46 bits per heavy atom. The average molecular weight is 197 g/mol. The summed E-state index contributed by atoms with van der Waals surface area (Å²) >= 11 is 5.87. The number of nitrogens with one attached hydrogen (secondary N) is 1. The standard InChI is InChI=1S/C10H13ClN2/c11-8-5-10(6-8)13-7-9-3-1-2-4-12-9/h1-4,8,10,13H,5-7H2. The topological polar surface area (TPSA) is 24.9 Å². The van der Waals surface area contributed by atoms with E-state index in [4.69, 9.17) is 11.6 Å². The van der Waals surface area contributed by atoms with Gasteiger partial charge in [-0.15, -0.1) is 11.6 Å². The monoisotopic (exact) mass is 196 g/mol. The molecular weight excluding hydrogens is 184 g/mol. The van der Waals surface area contributed by atoms with E-state index in [0.717, 1.165) is 25.1 Å². The molecule has 0 spiro atoms. The fourth-order valence-corrected chi connectivity index (χ4v) is 1.90. The second-order valence-corrected chi connectivity index (χ2v) is 4.08. The van der Waals surface area contributed by atoms with Gasteiger partial charge in [0.1, 0.15) is 0 Å².